The highest BCUT2D eigenvalue weighted by Crippen LogP contribution is 2.45. The number of nitrogens with zero attached hydrogens (tertiary/aromatic N) is 3. The molecule has 0 unspecified atom stereocenters. The van der Waals surface area contributed by atoms with Crippen molar-refractivity contribution < 1.29 is 14.0 Å². The van der Waals surface area contributed by atoms with Gasteiger partial charge in [-0.1, -0.05) is 30.3 Å². The quantitative estimate of drug-likeness (QED) is 0.834. The molecule has 0 saturated carbocycles. The molecule has 1 aromatic carbocycles. The van der Waals surface area contributed by atoms with Crippen molar-refractivity contribution in [2.24, 2.45) is 11.8 Å². The fourth-order valence-corrected chi connectivity index (χ4v) is 4.31. The van der Waals surface area contributed by atoms with Crippen LogP contribution in [0.3, 0.4) is 0 Å². The highest BCUT2D eigenvalue weighted by molar-refractivity contribution is 5.92. The zero-order valence-electron chi connectivity index (χ0n) is 14.5. The van der Waals surface area contributed by atoms with Crippen LogP contribution in [0.4, 0.5) is 4.39 Å². The van der Waals surface area contributed by atoms with Crippen molar-refractivity contribution in [1.29, 1.82) is 0 Å². The Bertz CT molecular complexity index is 842. The van der Waals surface area contributed by atoms with Crippen molar-refractivity contribution in [3.63, 3.8) is 0 Å². The Kier molecular flexibility index (Phi) is 4.18. The Morgan fingerprint density at radius 2 is 1.85 bits per heavy atom. The number of carbonyl (C=O) groups is 2. The number of halogens is 1. The predicted octanol–water partition coefficient (Wildman–Crippen LogP) is 2.51. The Morgan fingerprint density at radius 1 is 1.08 bits per heavy atom. The van der Waals surface area contributed by atoms with Gasteiger partial charge in [0.25, 0.3) is 5.91 Å². The van der Waals surface area contributed by atoms with E-state index in [2.05, 4.69) is 4.98 Å². The third-order valence-electron chi connectivity index (χ3n) is 5.46. The smallest absolute Gasteiger partial charge is 0.275 e. The van der Waals surface area contributed by atoms with Crippen molar-refractivity contribution in [1.82, 2.24) is 14.8 Å². The van der Waals surface area contributed by atoms with Crippen molar-refractivity contribution in [2.75, 3.05) is 19.6 Å². The molecular weight excluding hydrogens is 333 g/mol. The summed E-state index contributed by atoms with van der Waals surface area (Å²) in [6.45, 7) is 3.23. The number of amides is 2. The minimum Gasteiger partial charge on any atom is -0.336 e. The summed E-state index contributed by atoms with van der Waals surface area (Å²) in [6, 6.07) is 12.6. The lowest BCUT2D eigenvalue weighted by Gasteiger charge is -2.29. The molecule has 0 aliphatic carbocycles. The average Bonchev–Trinajstić information content (AvgIpc) is 3.20. The minimum absolute atomic E-state index is 0.0434. The summed E-state index contributed by atoms with van der Waals surface area (Å²) in [5.74, 6) is -0.586. The van der Waals surface area contributed by atoms with Crippen LogP contribution in [-0.2, 0) is 4.79 Å². The van der Waals surface area contributed by atoms with E-state index < -0.39 is 5.82 Å². The van der Waals surface area contributed by atoms with Gasteiger partial charge in [-0.15, -0.1) is 0 Å². The highest BCUT2D eigenvalue weighted by Gasteiger charge is 2.49. The molecule has 2 aliphatic rings. The highest BCUT2D eigenvalue weighted by atomic mass is 19.1. The number of hydrogen-bond donors (Lipinski definition) is 0. The van der Waals surface area contributed by atoms with E-state index in [1.54, 1.807) is 11.8 Å². The molecule has 6 heteroatoms. The molecule has 2 aliphatic heterocycles. The lowest BCUT2D eigenvalue weighted by atomic mass is 9.89. The molecule has 3 atom stereocenters. The van der Waals surface area contributed by atoms with Crippen LogP contribution in [-0.4, -0.2) is 46.2 Å². The van der Waals surface area contributed by atoms with Gasteiger partial charge in [-0.25, -0.2) is 9.37 Å². The third-order valence-corrected chi connectivity index (χ3v) is 5.46. The van der Waals surface area contributed by atoms with E-state index in [1.165, 1.54) is 18.3 Å². The number of hydrogen-bond acceptors (Lipinski definition) is 3. The Labute approximate surface area is 151 Å². The van der Waals surface area contributed by atoms with Crippen LogP contribution in [0, 0.1) is 17.7 Å². The summed E-state index contributed by atoms with van der Waals surface area (Å²) in [6.07, 6.45) is 1.43. The number of pyridine rings is 1. The summed E-state index contributed by atoms with van der Waals surface area (Å²) in [5, 5.41) is 0. The Morgan fingerprint density at radius 3 is 2.54 bits per heavy atom. The van der Waals surface area contributed by atoms with Crippen molar-refractivity contribution in [3.8, 4) is 0 Å². The number of carbonyl (C=O) groups excluding carboxylic acids is 2. The normalized spacial score (nSPS) is 24.6. The van der Waals surface area contributed by atoms with Gasteiger partial charge in [-0.2, -0.15) is 0 Å². The maximum absolute atomic E-state index is 13.9. The molecule has 0 spiro atoms. The molecule has 4 rings (SSSR count). The SMILES string of the molecule is CC(=O)N1C[C@H]2CN(C(=O)c3ncccc3F)C[C@H]2[C@@H]1c1ccccc1. The maximum Gasteiger partial charge on any atom is 0.275 e. The standard InChI is InChI=1S/C20H20FN3O2/c1-13(25)24-11-15-10-23(20(26)18-17(21)8-5-9-22-18)12-16(15)19(24)14-6-3-2-4-7-14/h2-9,15-16,19H,10-12H2,1H3/t15-,16-,19+/m1/s1. The molecule has 1 aromatic heterocycles. The molecule has 0 N–H and O–H groups in total. The number of rotatable bonds is 2. The zero-order chi connectivity index (χ0) is 18.3. The first-order valence-corrected chi connectivity index (χ1v) is 8.78. The summed E-state index contributed by atoms with van der Waals surface area (Å²) in [4.78, 5) is 32.3. The largest absolute Gasteiger partial charge is 0.336 e. The van der Waals surface area contributed by atoms with Gasteiger partial charge in [0.05, 0.1) is 6.04 Å². The fourth-order valence-electron chi connectivity index (χ4n) is 4.31. The molecule has 0 bridgehead atoms. The molecule has 2 amide bonds. The Balaban J connectivity index is 1.60. The molecular formula is C20H20FN3O2. The van der Waals surface area contributed by atoms with Gasteiger partial charge in [0.1, 0.15) is 0 Å². The van der Waals surface area contributed by atoms with Crippen LogP contribution in [0.2, 0.25) is 0 Å². The number of fused-ring (bicyclic) bond motifs is 1. The topological polar surface area (TPSA) is 53.5 Å². The lowest BCUT2D eigenvalue weighted by molar-refractivity contribution is -0.130. The van der Waals surface area contributed by atoms with Gasteiger partial charge in [-0.3, -0.25) is 9.59 Å². The zero-order valence-corrected chi connectivity index (χ0v) is 14.5. The van der Waals surface area contributed by atoms with Gasteiger partial charge in [0.2, 0.25) is 5.91 Å². The van der Waals surface area contributed by atoms with Crippen LogP contribution in [0.15, 0.2) is 48.7 Å². The van der Waals surface area contributed by atoms with E-state index in [0.29, 0.717) is 19.6 Å². The van der Waals surface area contributed by atoms with E-state index in [-0.39, 0.29) is 35.4 Å². The predicted molar refractivity (Wildman–Crippen MR) is 93.6 cm³/mol. The minimum atomic E-state index is -0.598. The molecule has 26 heavy (non-hydrogen) atoms. The molecule has 0 radical (unpaired) electrons. The van der Waals surface area contributed by atoms with Crippen LogP contribution in [0.1, 0.15) is 29.0 Å². The second kappa shape index (κ2) is 6.52. The second-order valence-corrected chi connectivity index (χ2v) is 6.99. The van der Waals surface area contributed by atoms with Gasteiger partial charge in [0.15, 0.2) is 11.5 Å². The monoisotopic (exact) mass is 353 g/mol. The van der Waals surface area contributed by atoms with Crippen molar-refractivity contribution in [3.05, 3.63) is 65.7 Å². The van der Waals surface area contributed by atoms with E-state index >= 15 is 0 Å². The molecule has 2 saturated heterocycles. The fraction of sp³-hybridized carbons (Fsp3) is 0.350. The van der Waals surface area contributed by atoms with Crippen LogP contribution < -0.4 is 0 Å². The maximum atomic E-state index is 13.9. The van der Waals surface area contributed by atoms with Gasteiger partial charge in [0, 0.05) is 44.6 Å². The first-order chi connectivity index (χ1) is 12.6. The Hall–Kier alpha value is -2.76. The van der Waals surface area contributed by atoms with Gasteiger partial charge >= 0.3 is 0 Å². The first-order valence-electron chi connectivity index (χ1n) is 8.78. The second-order valence-electron chi connectivity index (χ2n) is 6.99. The van der Waals surface area contributed by atoms with Gasteiger partial charge in [-0.05, 0) is 17.7 Å². The first kappa shape index (κ1) is 16.7. The van der Waals surface area contributed by atoms with Gasteiger partial charge < -0.3 is 9.80 Å². The van der Waals surface area contributed by atoms with Crippen LogP contribution >= 0.6 is 0 Å². The molecule has 5 nitrogen and oxygen atoms in total. The molecule has 2 aromatic rings. The number of aromatic nitrogens is 1. The third kappa shape index (κ3) is 2.75. The number of benzene rings is 1. The molecule has 3 heterocycles. The van der Waals surface area contributed by atoms with E-state index in [9.17, 15) is 14.0 Å². The van der Waals surface area contributed by atoms with Crippen LogP contribution in [0.5, 0.6) is 0 Å². The van der Waals surface area contributed by atoms with Crippen molar-refractivity contribution >= 4 is 11.8 Å². The molecule has 2 fully saturated rings. The lowest BCUT2D eigenvalue weighted by Crippen LogP contribution is -2.37. The average molecular weight is 353 g/mol. The van der Waals surface area contributed by atoms with Crippen LogP contribution in [0.25, 0.3) is 0 Å². The summed E-state index contributed by atoms with van der Waals surface area (Å²) >= 11 is 0. The van der Waals surface area contributed by atoms with E-state index in [4.69, 9.17) is 0 Å². The molecule has 134 valence electrons. The summed E-state index contributed by atoms with van der Waals surface area (Å²) in [5.41, 5.74) is 0.945. The summed E-state index contributed by atoms with van der Waals surface area (Å²) in [7, 11) is 0. The van der Waals surface area contributed by atoms with E-state index in [0.717, 1.165) is 5.56 Å². The summed E-state index contributed by atoms with van der Waals surface area (Å²) < 4.78 is 13.9. The number of likely N-dealkylation sites (tertiary alicyclic amines) is 2. The van der Waals surface area contributed by atoms with Crippen molar-refractivity contribution in [2.45, 2.75) is 13.0 Å². The van der Waals surface area contributed by atoms with E-state index in [1.807, 2.05) is 35.2 Å².